The van der Waals surface area contributed by atoms with Crippen molar-refractivity contribution in [3.05, 3.63) is 21.9 Å². The lowest BCUT2D eigenvalue weighted by atomic mass is 10.2. The van der Waals surface area contributed by atoms with Crippen LogP contribution in [0.5, 0.6) is 0 Å². The van der Waals surface area contributed by atoms with Gasteiger partial charge in [-0.3, -0.25) is 4.79 Å². The fraction of sp³-hybridized carbons (Fsp3) is 0.467. The Hall–Kier alpha value is -2.00. The lowest BCUT2D eigenvalue weighted by Crippen LogP contribution is -2.32. The summed E-state index contributed by atoms with van der Waals surface area (Å²) in [5, 5.41) is 13.1. The number of carboxylic acid groups (broad SMARTS) is 1. The van der Waals surface area contributed by atoms with Gasteiger partial charge < -0.3 is 15.2 Å². The van der Waals surface area contributed by atoms with E-state index in [1.54, 1.807) is 26.8 Å². The molecule has 0 fully saturated rings. The van der Waals surface area contributed by atoms with Crippen molar-refractivity contribution in [3.63, 3.8) is 0 Å². The van der Waals surface area contributed by atoms with Crippen LogP contribution < -0.4 is 5.32 Å². The monoisotopic (exact) mass is 309 g/mol. The summed E-state index contributed by atoms with van der Waals surface area (Å²) in [5.41, 5.74) is 0.293. The highest BCUT2D eigenvalue weighted by Crippen LogP contribution is 2.14. The second-order valence-corrected chi connectivity index (χ2v) is 6.35. The predicted molar refractivity (Wildman–Crippen MR) is 81.4 cm³/mol. The summed E-state index contributed by atoms with van der Waals surface area (Å²) >= 11 is 1.38. The van der Waals surface area contributed by atoms with Gasteiger partial charge in [0.2, 0.25) is 0 Å². The van der Waals surface area contributed by atoms with E-state index >= 15 is 0 Å². The van der Waals surface area contributed by atoms with E-state index in [9.17, 15) is 9.59 Å². The van der Waals surface area contributed by atoms with Crippen molar-refractivity contribution in [2.24, 2.45) is 0 Å². The zero-order valence-electron chi connectivity index (χ0n) is 12.4. The average molecular weight is 309 g/mol. The molecule has 21 heavy (non-hydrogen) atoms. The number of hydrogen-bond donors (Lipinski definition) is 2. The maximum Gasteiger partial charge on any atom is 0.407 e. The summed E-state index contributed by atoms with van der Waals surface area (Å²) in [6, 6.07) is 1.77. The summed E-state index contributed by atoms with van der Waals surface area (Å²) in [5.74, 6) is 5.01. The molecular formula is C15H19NO4S. The molecule has 0 saturated heterocycles. The van der Waals surface area contributed by atoms with Gasteiger partial charge in [-0.2, -0.15) is 0 Å². The highest BCUT2D eigenvalue weighted by molar-refractivity contribution is 7.10. The first-order chi connectivity index (χ1) is 9.76. The first kappa shape index (κ1) is 17.1. The van der Waals surface area contributed by atoms with E-state index in [-0.39, 0.29) is 6.42 Å². The van der Waals surface area contributed by atoms with E-state index in [0.29, 0.717) is 13.0 Å². The molecule has 2 N–H and O–H groups in total. The lowest BCUT2D eigenvalue weighted by Gasteiger charge is -2.19. The molecule has 1 amide bonds. The molecule has 1 aromatic rings. The maximum atomic E-state index is 11.4. The van der Waals surface area contributed by atoms with Crippen molar-refractivity contribution in [3.8, 4) is 11.8 Å². The van der Waals surface area contributed by atoms with Gasteiger partial charge in [0.05, 0.1) is 6.42 Å². The van der Waals surface area contributed by atoms with Gasteiger partial charge in [-0.15, -0.1) is 11.3 Å². The topological polar surface area (TPSA) is 75.6 Å². The summed E-state index contributed by atoms with van der Waals surface area (Å²) in [4.78, 5) is 22.7. The van der Waals surface area contributed by atoms with Crippen LogP contribution in [0.4, 0.5) is 4.79 Å². The summed E-state index contributed by atoms with van der Waals surface area (Å²) in [7, 11) is 0. The van der Waals surface area contributed by atoms with Gasteiger partial charge in [-0.05, 0) is 26.8 Å². The van der Waals surface area contributed by atoms with E-state index < -0.39 is 17.7 Å². The Morgan fingerprint density at radius 2 is 2.14 bits per heavy atom. The molecule has 114 valence electrons. The first-order valence-electron chi connectivity index (χ1n) is 6.51. The molecule has 0 spiro atoms. The maximum absolute atomic E-state index is 11.4. The van der Waals surface area contributed by atoms with E-state index in [2.05, 4.69) is 17.2 Å². The fourth-order valence-corrected chi connectivity index (χ4v) is 2.20. The van der Waals surface area contributed by atoms with Gasteiger partial charge in [0.1, 0.15) is 5.60 Å². The van der Waals surface area contributed by atoms with Gasteiger partial charge in [0.25, 0.3) is 0 Å². The van der Waals surface area contributed by atoms with Gasteiger partial charge in [0, 0.05) is 28.8 Å². The normalized spacial score (nSPS) is 10.4. The molecular weight excluding hydrogens is 290 g/mol. The minimum Gasteiger partial charge on any atom is -0.481 e. The zero-order chi connectivity index (χ0) is 15.9. The van der Waals surface area contributed by atoms with Crippen molar-refractivity contribution in [1.29, 1.82) is 0 Å². The van der Waals surface area contributed by atoms with Crippen LogP contribution in [0.1, 0.15) is 37.6 Å². The van der Waals surface area contributed by atoms with Crippen molar-refractivity contribution in [1.82, 2.24) is 5.32 Å². The molecule has 1 aromatic heterocycles. The largest absolute Gasteiger partial charge is 0.481 e. The number of amides is 1. The molecule has 0 saturated carbocycles. The van der Waals surface area contributed by atoms with Crippen LogP contribution in [0.3, 0.4) is 0 Å². The summed E-state index contributed by atoms with van der Waals surface area (Å²) < 4.78 is 5.09. The Kier molecular flexibility index (Phi) is 6.25. The Morgan fingerprint density at radius 1 is 1.43 bits per heavy atom. The second kappa shape index (κ2) is 7.70. The van der Waals surface area contributed by atoms with Crippen molar-refractivity contribution < 1.29 is 19.4 Å². The number of carbonyl (C=O) groups is 2. The third-order valence-electron chi connectivity index (χ3n) is 2.13. The number of carboxylic acids is 1. The Morgan fingerprint density at radius 3 is 2.76 bits per heavy atom. The van der Waals surface area contributed by atoms with Crippen LogP contribution in [0.2, 0.25) is 0 Å². The molecule has 0 atom stereocenters. The number of hydrogen-bond acceptors (Lipinski definition) is 4. The lowest BCUT2D eigenvalue weighted by molar-refractivity contribution is -0.136. The summed E-state index contributed by atoms with van der Waals surface area (Å²) in [6.45, 7) is 5.82. The van der Waals surface area contributed by atoms with Gasteiger partial charge in [-0.25, -0.2) is 4.79 Å². The highest BCUT2D eigenvalue weighted by Gasteiger charge is 2.15. The molecule has 0 aromatic carbocycles. The molecule has 0 aliphatic heterocycles. The minimum absolute atomic E-state index is 0.0204. The smallest absolute Gasteiger partial charge is 0.407 e. The number of thiophene rings is 1. The average Bonchev–Trinajstić information content (AvgIpc) is 2.73. The van der Waals surface area contributed by atoms with Crippen LogP contribution >= 0.6 is 11.3 Å². The molecule has 1 heterocycles. The van der Waals surface area contributed by atoms with Gasteiger partial charge in [0.15, 0.2) is 0 Å². The number of rotatable bonds is 4. The van der Waals surface area contributed by atoms with E-state index in [0.717, 1.165) is 10.4 Å². The standard InChI is InChI=1S/C15H19NO4S/c1-15(2,3)20-14(19)16-7-5-4-6-11-8-12(21-10-11)9-13(17)18/h8,10H,5,7,9H2,1-3H3,(H,16,19)(H,17,18). The van der Waals surface area contributed by atoms with Crippen LogP contribution in [-0.4, -0.2) is 29.3 Å². The van der Waals surface area contributed by atoms with Crippen molar-refractivity contribution in [2.45, 2.75) is 39.2 Å². The Bertz CT molecular complexity index is 560. The molecule has 6 heteroatoms. The van der Waals surface area contributed by atoms with Crippen molar-refractivity contribution >= 4 is 23.4 Å². The molecule has 0 aliphatic carbocycles. The zero-order valence-corrected chi connectivity index (χ0v) is 13.2. The first-order valence-corrected chi connectivity index (χ1v) is 7.39. The van der Waals surface area contributed by atoms with Crippen molar-refractivity contribution in [2.75, 3.05) is 6.54 Å². The fourth-order valence-electron chi connectivity index (χ4n) is 1.39. The van der Waals surface area contributed by atoms with Gasteiger partial charge >= 0.3 is 12.1 Å². The molecule has 0 radical (unpaired) electrons. The quantitative estimate of drug-likeness (QED) is 0.662. The number of carbonyl (C=O) groups excluding carboxylic acids is 1. The summed E-state index contributed by atoms with van der Waals surface area (Å²) in [6.07, 6.45) is 0.0687. The Labute approximate surface area is 128 Å². The Balaban J connectivity index is 2.32. The van der Waals surface area contributed by atoms with Crippen LogP contribution in [0.25, 0.3) is 0 Å². The second-order valence-electron chi connectivity index (χ2n) is 5.35. The molecule has 0 aliphatic rings. The SMILES string of the molecule is CC(C)(C)OC(=O)NCCC#Cc1csc(CC(=O)O)c1. The molecule has 1 rings (SSSR count). The minimum atomic E-state index is -0.849. The number of ether oxygens (including phenoxy) is 1. The van der Waals surface area contributed by atoms with Gasteiger partial charge in [-0.1, -0.05) is 11.8 Å². The molecule has 0 bridgehead atoms. The predicted octanol–water partition coefficient (Wildman–Crippen LogP) is 2.64. The van der Waals surface area contributed by atoms with E-state index in [4.69, 9.17) is 9.84 Å². The third kappa shape index (κ3) is 8.00. The number of aliphatic carboxylic acids is 1. The number of alkyl carbamates (subject to hydrolysis) is 1. The highest BCUT2D eigenvalue weighted by atomic mass is 32.1. The van der Waals surface area contributed by atoms with E-state index in [1.807, 2.05) is 5.38 Å². The van der Waals surface area contributed by atoms with Crippen LogP contribution in [0.15, 0.2) is 11.4 Å². The van der Waals surface area contributed by atoms with Crippen LogP contribution in [0, 0.1) is 11.8 Å². The third-order valence-corrected chi connectivity index (χ3v) is 3.07. The van der Waals surface area contributed by atoms with Crippen LogP contribution in [-0.2, 0) is 16.0 Å². The number of nitrogens with one attached hydrogen (secondary N) is 1. The molecule has 0 unspecified atom stereocenters. The molecule has 5 nitrogen and oxygen atoms in total. The van der Waals surface area contributed by atoms with E-state index in [1.165, 1.54) is 11.3 Å².